The van der Waals surface area contributed by atoms with Crippen molar-refractivity contribution in [1.82, 2.24) is 5.32 Å². The van der Waals surface area contributed by atoms with E-state index < -0.39 is 29.5 Å². The molecule has 0 unspecified atom stereocenters. The summed E-state index contributed by atoms with van der Waals surface area (Å²) in [5.41, 5.74) is 12.4. The molecule has 0 bridgehead atoms. The molecule has 9 heteroatoms. The molecule has 0 saturated heterocycles. The lowest BCUT2D eigenvalue weighted by molar-refractivity contribution is -0.119. The number of nitrogens with zero attached hydrogens (tertiary/aromatic N) is 1. The van der Waals surface area contributed by atoms with Crippen molar-refractivity contribution in [3.8, 4) is 0 Å². The summed E-state index contributed by atoms with van der Waals surface area (Å²) in [7, 11) is 0. The van der Waals surface area contributed by atoms with Crippen molar-refractivity contribution in [2.75, 3.05) is 5.32 Å². The van der Waals surface area contributed by atoms with Crippen LogP contribution in [-0.2, 0) is 9.59 Å². The fraction of sp³-hybridized carbons (Fsp3) is 0.312. The second-order valence-electron chi connectivity index (χ2n) is 5.48. The Morgan fingerprint density at radius 2 is 1.84 bits per heavy atom. The molecule has 1 rings (SSSR count). The molecule has 9 nitrogen and oxygen atoms in total. The van der Waals surface area contributed by atoms with Crippen LogP contribution in [0, 0.1) is 24.7 Å². The minimum atomic E-state index is -0.996. The Labute approximate surface area is 145 Å². The Morgan fingerprint density at radius 1 is 1.20 bits per heavy atom. The largest absolute Gasteiger partial charge is 0.368 e. The topological polar surface area (TPSA) is 170 Å². The lowest BCUT2D eigenvalue weighted by atomic mass is 10.1. The van der Waals surface area contributed by atoms with Gasteiger partial charge in [-0.2, -0.15) is 4.99 Å². The maximum atomic E-state index is 11.3. The fourth-order valence-electron chi connectivity index (χ4n) is 1.90. The number of carbonyl (C=O) groups is 2. The molecule has 0 aromatic heterocycles. The van der Waals surface area contributed by atoms with Crippen molar-refractivity contribution in [3.63, 3.8) is 0 Å². The number of nitrogens with one attached hydrogen (secondary N) is 4. The van der Waals surface area contributed by atoms with Crippen LogP contribution in [0.3, 0.4) is 0 Å². The number of aliphatic imine (C=N–C) groups is 1. The van der Waals surface area contributed by atoms with E-state index in [1.165, 1.54) is 0 Å². The highest BCUT2D eigenvalue weighted by Crippen LogP contribution is 2.14. The first-order valence-corrected chi connectivity index (χ1v) is 7.61. The molecule has 0 aliphatic rings. The van der Waals surface area contributed by atoms with Crippen LogP contribution in [0.1, 0.15) is 24.5 Å². The van der Waals surface area contributed by atoms with Crippen LogP contribution in [0.2, 0.25) is 0 Å². The van der Waals surface area contributed by atoms with Gasteiger partial charge in [0, 0.05) is 5.69 Å². The molecule has 0 aliphatic heterocycles. The van der Waals surface area contributed by atoms with E-state index in [0.717, 1.165) is 11.1 Å². The van der Waals surface area contributed by atoms with Crippen molar-refractivity contribution < 1.29 is 9.59 Å². The molecule has 0 fully saturated rings. The highest BCUT2D eigenvalue weighted by Gasteiger charge is 2.17. The van der Waals surface area contributed by atoms with E-state index in [1.807, 2.05) is 26.0 Å². The van der Waals surface area contributed by atoms with Gasteiger partial charge in [-0.3, -0.25) is 20.4 Å². The molecular weight excluding hydrogens is 322 g/mol. The smallest absolute Gasteiger partial charge is 0.270 e. The summed E-state index contributed by atoms with van der Waals surface area (Å²) < 4.78 is 0. The second kappa shape index (κ2) is 8.57. The predicted molar refractivity (Wildman–Crippen MR) is 98.0 cm³/mol. The lowest BCUT2D eigenvalue weighted by Gasteiger charge is -2.15. The number of amides is 2. The maximum absolute atomic E-state index is 11.3. The lowest BCUT2D eigenvalue weighted by Crippen LogP contribution is -2.44. The van der Waals surface area contributed by atoms with E-state index in [4.69, 9.17) is 22.3 Å². The second-order valence-corrected chi connectivity index (χ2v) is 5.48. The minimum Gasteiger partial charge on any atom is -0.368 e. The average molecular weight is 345 g/mol. The number of carbonyl (C=O) groups excluding carboxylic acids is 2. The van der Waals surface area contributed by atoms with E-state index in [9.17, 15) is 9.59 Å². The van der Waals surface area contributed by atoms with E-state index in [0.29, 0.717) is 12.1 Å². The molecule has 0 saturated carbocycles. The zero-order chi connectivity index (χ0) is 19.1. The summed E-state index contributed by atoms with van der Waals surface area (Å²) in [6.07, 6.45) is 0.362. The van der Waals surface area contributed by atoms with Gasteiger partial charge in [-0.25, -0.2) is 0 Å². The van der Waals surface area contributed by atoms with E-state index in [-0.39, 0.29) is 5.84 Å². The molecule has 0 radical (unpaired) electrons. The summed E-state index contributed by atoms with van der Waals surface area (Å²) in [5.74, 6) is -2.24. The number of amidine groups is 1. The number of nitrogens with two attached hydrogens (primary N) is 2. The van der Waals surface area contributed by atoms with E-state index in [2.05, 4.69) is 15.6 Å². The molecular formula is C16H23N7O2. The highest BCUT2D eigenvalue weighted by molar-refractivity contribution is 6.67. The first kappa shape index (κ1) is 19.8. The van der Waals surface area contributed by atoms with Gasteiger partial charge in [-0.15, -0.1) is 0 Å². The summed E-state index contributed by atoms with van der Waals surface area (Å²) in [6, 6.07) is 4.66. The van der Waals surface area contributed by atoms with Gasteiger partial charge in [0.25, 0.3) is 5.91 Å². The van der Waals surface area contributed by atoms with Crippen molar-refractivity contribution in [1.29, 1.82) is 10.8 Å². The van der Waals surface area contributed by atoms with E-state index in [1.54, 1.807) is 13.0 Å². The molecule has 0 aliphatic carbocycles. The Morgan fingerprint density at radius 3 is 2.32 bits per heavy atom. The molecule has 1 aromatic carbocycles. The van der Waals surface area contributed by atoms with Crippen LogP contribution < -0.4 is 22.1 Å². The normalized spacial score (nSPS) is 12.2. The van der Waals surface area contributed by atoms with Crippen LogP contribution in [0.4, 0.5) is 5.69 Å². The zero-order valence-electron chi connectivity index (χ0n) is 14.4. The number of anilines is 1. The zero-order valence-corrected chi connectivity index (χ0v) is 14.4. The molecule has 134 valence electrons. The van der Waals surface area contributed by atoms with Crippen LogP contribution in [0.15, 0.2) is 23.2 Å². The van der Waals surface area contributed by atoms with Crippen molar-refractivity contribution >= 4 is 35.0 Å². The predicted octanol–water partition coefficient (Wildman–Crippen LogP) is 0.407. The monoisotopic (exact) mass is 345 g/mol. The Balaban J connectivity index is 3.09. The molecule has 8 N–H and O–H groups in total. The first-order valence-electron chi connectivity index (χ1n) is 7.61. The van der Waals surface area contributed by atoms with Gasteiger partial charge >= 0.3 is 0 Å². The SMILES string of the molecule is CC[C@@H](NC(=N)/N=C(/Nc1ccc(C)c(C)c1)C(=N)C(N)=O)C(N)=O. The van der Waals surface area contributed by atoms with Gasteiger partial charge in [0.05, 0.1) is 0 Å². The summed E-state index contributed by atoms with van der Waals surface area (Å²) in [4.78, 5) is 26.4. The summed E-state index contributed by atoms with van der Waals surface area (Å²) in [5, 5.41) is 20.9. The Hall–Kier alpha value is -3.23. The van der Waals surface area contributed by atoms with Gasteiger partial charge in [-0.1, -0.05) is 13.0 Å². The third kappa shape index (κ3) is 5.72. The van der Waals surface area contributed by atoms with Gasteiger partial charge in [0.1, 0.15) is 6.04 Å². The molecule has 0 heterocycles. The number of benzene rings is 1. The molecule has 2 amide bonds. The van der Waals surface area contributed by atoms with Crippen LogP contribution in [0.5, 0.6) is 0 Å². The van der Waals surface area contributed by atoms with Crippen molar-refractivity contribution in [2.45, 2.75) is 33.2 Å². The number of hydrogen-bond acceptors (Lipinski definition) is 4. The Kier molecular flexibility index (Phi) is 6.80. The molecule has 25 heavy (non-hydrogen) atoms. The van der Waals surface area contributed by atoms with Gasteiger partial charge in [0.2, 0.25) is 11.9 Å². The minimum absolute atomic E-state index is 0.201. The average Bonchev–Trinajstić information content (AvgIpc) is 2.54. The Bertz CT molecular complexity index is 740. The third-order valence-corrected chi connectivity index (χ3v) is 3.54. The summed E-state index contributed by atoms with van der Waals surface area (Å²) in [6.45, 7) is 5.59. The molecule has 1 aromatic rings. The third-order valence-electron chi connectivity index (χ3n) is 3.54. The van der Waals surface area contributed by atoms with Gasteiger partial charge in [-0.05, 0) is 43.5 Å². The summed E-state index contributed by atoms with van der Waals surface area (Å²) >= 11 is 0. The number of guanidine groups is 1. The van der Waals surface area contributed by atoms with Crippen molar-refractivity contribution in [3.05, 3.63) is 29.3 Å². The number of rotatable bonds is 6. The number of aryl methyl sites for hydroxylation is 2. The van der Waals surface area contributed by atoms with Crippen LogP contribution >= 0.6 is 0 Å². The number of primary amides is 2. The maximum Gasteiger partial charge on any atom is 0.270 e. The molecule has 1 atom stereocenters. The number of hydrogen-bond donors (Lipinski definition) is 6. The van der Waals surface area contributed by atoms with E-state index >= 15 is 0 Å². The molecule has 0 spiro atoms. The van der Waals surface area contributed by atoms with Crippen LogP contribution in [-0.4, -0.2) is 35.4 Å². The van der Waals surface area contributed by atoms with Crippen molar-refractivity contribution in [2.24, 2.45) is 16.5 Å². The van der Waals surface area contributed by atoms with Gasteiger partial charge in [0.15, 0.2) is 11.5 Å². The standard InChI is InChI=1S/C16H23N7O2/c1-4-11(13(18)24)22-16(20)23-15(12(17)14(19)25)21-10-6-5-8(2)9(3)7-10/h5-7,11,17H,4H2,1-3H3,(H2,18,24)(H2,19,25)(H3,20,21,22,23)/t11-/m1/s1. The first-order chi connectivity index (χ1) is 11.6. The van der Waals surface area contributed by atoms with Crippen LogP contribution in [0.25, 0.3) is 0 Å². The highest BCUT2D eigenvalue weighted by atomic mass is 16.1. The fourth-order valence-corrected chi connectivity index (χ4v) is 1.90. The van der Waals surface area contributed by atoms with Gasteiger partial charge < -0.3 is 22.1 Å². The quantitative estimate of drug-likeness (QED) is 0.324.